The predicted octanol–water partition coefficient (Wildman–Crippen LogP) is 3.47. The van der Waals surface area contributed by atoms with Gasteiger partial charge in [-0.05, 0) is 49.3 Å². The van der Waals surface area contributed by atoms with E-state index in [1.165, 1.54) is 5.56 Å². The second-order valence-electron chi connectivity index (χ2n) is 7.13. The zero-order valence-corrected chi connectivity index (χ0v) is 15.5. The lowest BCUT2D eigenvalue weighted by atomic mass is 9.83. The first-order valence-corrected chi connectivity index (χ1v) is 9.56. The van der Waals surface area contributed by atoms with Gasteiger partial charge in [0.25, 0.3) is 0 Å². The third kappa shape index (κ3) is 5.84. The third-order valence-corrected chi connectivity index (χ3v) is 5.12. The minimum Gasteiger partial charge on any atom is -0.507 e. The molecule has 0 amide bonds. The number of hydrogen-bond donors (Lipinski definition) is 3. The molecule has 1 aromatic heterocycles. The van der Waals surface area contributed by atoms with Crippen molar-refractivity contribution in [3.8, 4) is 5.75 Å². The van der Waals surface area contributed by atoms with Crippen LogP contribution in [-0.2, 0) is 11.3 Å². The number of aldehydes is 1. The Morgan fingerprint density at radius 3 is 2.59 bits per heavy atom. The number of carbonyl (C=O) groups is 1. The van der Waals surface area contributed by atoms with Gasteiger partial charge in [-0.2, -0.15) is 0 Å². The van der Waals surface area contributed by atoms with E-state index in [-0.39, 0.29) is 11.7 Å². The SMILES string of the molecule is O=CC1CCC(CN/C(=C\c2cnccc2O)NCc2ccccc2)CC1. The normalized spacial score (nSPS) is 20.1. The quantitative estimate of drug-likeness (QED) is 0.625. The van der Waals surface area contributed by atoms with E-state index in [4.69, 9.17) is 0 Å². The Morgan fingerprint density at radius 1 is 1.11 bits per heavy atom. The van der Waals surface area contributed by atoms with Crippen LogP contribution in [0.25, 0.3) is 6.08 Å². The summed E-state index contributed by atoms with van der Waals surface area (Å²) in [5.41, 5.74) is 1.86. The van der Waals surface area contributed by atoms with Gasteiger partial charge in [0, 0.05) is 37.0 Å². The van der Waals surface area contributed by atoms with E-state index in [0.29, 0.717) is 18.0 Å². The molecular weight excluding hydrogens is 338 g/mol. The van der Waals surface area contributed by atoms with Crippen molar-refractivity contribution in [2.45, 2.75) is 32.2 Å². The van der Waals surface area contributed by atoms with Crippen molar-refractivity contribution >= 4 is 12.4 Å². The average Bonchev–Trinajstić information content (AvgIpc) is 2.72. The van der Waals surface area contributed by atoms with Crippen LogP contribution in [0.2, 0.25) is 0 Å². The fourth-order valence-electron chi connectivity index (χ4n) is 3.41. The number of nitrogens with zero attached hydrogens (tertiary/aromatic N) is 1. The molecule has 0 aliphatic heterocycles. The zero-order valence-electron chi connectivity index (χ0n) is 15.5. The number of nitrogens with one attached hydrogen (secondary N) is 2. The molecule has 0 saturated heterocycles. The maximum Gasteiger partial charge on any atom is 0.126 e. The van der Waals surface area contributed by atoms with Gasteiger partial charge in [-0.1, -0.05) is 30.3 Å². The molecule has 5 nitrogen and oxygen atoms in total. The second-order valence-corrected chi connectivity index (χ2v) is 7.13. The zero-order chi connectivity index (χ0) is 18.9. The number of aromatic nitrogens is 1. The molecule has 0 bridgehead atoms. The van der Waals surface area contributed by atoms with Crippen molar-refractivity contribution in [3.05, 3.63) is 65.7 Å². The van der Waals surface area contributed by atoms with Crippen LogP contribution >= 0.6 is 0 Å². The molecule has 1 aliphatic rings. The monoisotopic (exact) mass is 365 g/mol. The summed E-state index contributed by atoms with van der Waals surface area (Å²) in [6, 6.07) is 11.8. The van der Waals surface area contributed by atoms with Crippen LogP contribution in [0.15, 0.2) is 54.6 Å². The molecule has 0 unspecified atom stereocenters. The number of carbonyl (C=O) groups excluding carboxylic acids is 1. The number of aromatic hydroxyl groups is 1. The van der Waals surface area contributed by atoms with Crippen molar-refractivity contribution in [2.75, 3.05) is 6.54 Å². The van der Waals surface area contributed by atoms with Gasteiger partial charge in [-0.3, -0.25) is 4.98 Å². The molecule has 3 N–H and O–H groups in total. The first kappa shape index (κ1) is 19.0. The molecule has 1 aliphatic carbocycles. The van der Waals surface area contributed by atoms with E-state index in [1.54, 1.807) is 18.5 Å². The molecule has 1 heterocycles. The van der Waals surface area contributed by atoms with E-state index in [2.05, 4.69) is 27.8 Å². The first-order chi connectivity index (χ1) is 13.2. The number of hydrogen-bond acceptors (Lipinski definition) is 5. The maximum absolute atomic E-state index is 10.9. The van der Waals surface area contributed by atoms with Gasteiger partial charge >= 0.3 is 0 Å². The summed E-state index contributed by atoms with van der Waals surface area (Å²) < 4.78 is 0. The van der Waals surface area contributed by atoms with Crippen LogP contribution in [0.3, 0.4) is 0 Å². The van der Waals surface area contributed by atoms with E-state index in [0.717, 1.165) is 44.3 Å². The second kappa shape index (κ2) is 9.76. The molecule has 0 atom stereocenters. The van der Waals surface area contributed by atoms with Crippen molar-refractivity contribution in [2.24, 2.45) is 11.8 Å². The molecule has 142 valence electrons. The highest BCUT2D eigenvalue weighted by atomic mass is 16.3. The average molecular weight is 365 g/mol. The van der Waals surface area contributed by atoms with E-state index >= 15 is 0 Å². The summed E-state index contributed by atoms with van der Waals surface area (Å²) in [7, 11) is 0. The Hall–Kier alpha value is -2.82. The van der Waals surface area contributed by atoms with E-state index < -0.39 is 0 Å². The summed E-state index contributed by atoms with van der Waals surface area (Å²) in [6.45, 7) is 1.54. The van der Waals surface area contributed by atoms with Crippen molar-refractivity contribution in [1.29, 1.82) is 0 Å². The highest BCUT2D eigenvalue weighted by Crippen LogP contribution is 2.27. The van der Waals surface area contributed by atoms with Crippen molar-refractivity contribution in [1.82, 2.24) is 15.6 Å². The van der Waals surface area contributed by atoms with Crippen LogP contribution < -0.4 is 10.6 Å². The van der Waals surface area contributed by atoms with Gasteiger partial charge in [0.05, 0.1) is 5.82 Å². The lowest BCUT2D eigenvalue weighted by molar-refractivity contribution is -0.112. The van der Waals surface area contributed by atoms with Gasteiger partial charge in [-0.25, -0.2) is 0 Å². The fourth-order valence-corrected chi connectivity index (χ4v) is 3.41. The van der Waals surface area contributed by atoms with E-state index in [1.807, 2.05) is 24.3 Å². The van der Waals surface area contributed by atoms with Crippen LogP contribution in [0.4, 0.5) is 0 Å². The summed E-state index contributed by atoms with van der Waals surface area (Å²) in [5, 5.41) is 17.0. The summed E-state index contributed by atoms with van der Waals surface area (Å²) >= 11 is 0. The molecule has 1 saturated carbocycles. The fraction of sp³-hybridized carbons (Fsp3) is 0.364. The minimum absolute atomic E-state index is 0.206. The first-order valence-electron chi connectivity index (χ1n) is 9.56. The summed E-state index contributed by atoms with van der Waals surface area (Å²) in [6.07, 6.45) is 10.3. The Bertz CT molecular complexity index is 753. The molecule has 3 rings (SSSR count). The summed E-state index contributed by atoms with van der Waals surface area (Å²) in [4.78, 5) is 15.0. The maximum atomic E-state index is 10.9. The molecule has 0 radical (unpaired) electrons. The molecule has 1 aromatic carbocycles. The highest BCUT2D eigenvalue weighted by molar-refractivity contribution is 5.57. The predicted molar refractivity (Wildman–Crippen MR) is 107 cm³/mol. The van der Waals surface area contributed by atoms with Crippen LogP contribution in [0, 0.1) is 11.8 Å². The van der Waals surface area contributed by atoms with Gasteiger partial charge in [0.2, 0.25) is 0 Å². The number of pyridine rings is 1. The Labute approximate surface area is 160 Å². The largest absolute Gasteiger partial charge is 0.507 e. The van der Waals surface area contributed by atoms with E-state index in [9.17, 15) is 9.90 Å². The smallest absolute Gasteiger partial charge is 0.126 e. The lowest BCUT2D eigenvalue weighted by Crippen LogP contribution is -2.32. The Morgan fingerprint density at radius 2 is 1.89 bits per heavy atom. The molecular formula is C22H27N3O2. The van der Waals surface area contributed by atoms with Gasteiger partial charge in [0.15, 0.2) is 0 Å². The standard InChI is InChI=1S/C22H27N3O2/c26-16-19-8-6-18(7-9-19)14-25-22(12-20-15-23-11-10-21(20)27)24-13-17-4-2-1-3-5-17/h1-5,10-12,15-16,18-19,24-25H,6-9,13-14H2,(H,23,27)/b22-12-. The minimum atomic E-state index is 0.206. The van der Waals surface area contributed by atoms with Crippen LogP contribution in [0.1, 0.15) is 36.8 Å². The highest BCUT2D eigenvalue weighted by Gasteiger charge is 2.20. The Balaban J connectivity index is 1.64. The summed E-state index contributed by atoms with van der Waals surface area (Å²) in [5.74, 6) is 1.86. The molecule has 1 fully saturated rings. The molecule has 27 heavy (non-hydrogen) atoms. The third-order valence-electron chi connectivity index (χ3n) is 5.12. The van der Waals surface area contributed by atoms with Crippen molar-refractivity contribution in [3.63, 3.8) is 0 Å². The Kier molecular flexibility index (Phi) is 6.85. The lowest BCUT2D eigenvalue weighted by Gasteiger charge is -2.26. The van der Waals surface area contributed by atoms with Gasteiger partial charge < -0.3 is 20.5 Å². The van der Waals surface area contributed by atoms with Gasteiger partial charge in [-0.15, -0.1) is 0 Å². The topological polar surface area (TPSA) is 74.2 Å². The van der Waals surface area contributed by atoms with Crippen molar-refractivity contribution < 1.29 is 9.90 Å². The van der Waals surface area contributed by atoms with Crippen LogP contribution in [0.5, 0.6) is 5.75 Å². The van der Waals surface area contributed by atoms with Gasteiger partial charge in [0.1, 0.15) is 12.0 Å². The van der Waals surface area contributed by atoms with Crippen LogP contribution in [-0.4, -0.2) is 22.9 Å². The number of rotatable bonds is 8. The molecule has 0 spiro atoms. The molecule has 5 heteroatoms. The number of benzene rings is 1. The molecule has 2 aromatic rings.